The van der Waals surface area contributed by atoms with E-state index >= 15 is 0 Å². The summed E-state index contributed by atoms with van der Waals surface area (Å²) >= 11 is 0. The number of aromatic nitrogens is 2. The molecular weight excluding hydrogens is 485 g/mol. The summed E-state index contributed by atoms with van der Waals surface area (Å²) in [5.41, 5.74) is 5.44. The number of nitrogens with zero attached hydrogens (tertiary/aromatic N) is 3. The molecule has 1 aromatic heterocycles. The van der Waals surface area contributed by atoms with Crippen LogP contribution in [-0.4, -0.2) is 65.4 Å². The standard InChI is InChI=1S/C28H30FN5O.CH2O2/c1-18-25(15-20(16-26(18)29)28(35)32-23-5-6-23)19-4-11-27-21(14-19)17-31-34(27)24-9-7-22(8-10-24)30-12-13-33(2)3;2-1-3/h4,7-11,14-17,23,30H,5-6,12-13H2,1-3H3,(H,32,35);1H,(H,2,3). The van der Waals surface area contributed by atoms with Gasteiger partial charge in [0.25, 0.3) is 12.4 Å². The number of hydrogen-bond donors (Lipinski definition) is 3. The number of halogens is 1. The highest BCUT2D eigenvalue weighted by Gasteiger charge is 2.24. The maximum Gasteiger partial charge on any atom is 0.290 e. The molecule has 0 atom stereocenters. The lowest BCUT2D eigenvalue weighted by atomic mass is 9.96. The lowest BCUT2D eigenvalue weighted by Gasteiger charge is -2.12. The van der Waals surface area contributed by atoms with Crippen molar-refractivity contribution in [1.82, 2.24) is 20.0 Å². The molecule has 0 saturated heterocycles. The van der Waals surface area contributed by atoms with Gasteiger partial charge in [-0.2, -0.15) is 5.10 Å². The number of anilines is 1. The Morgan fingerprint density at radius 2 is 1.87 bits per heavy atom. The van der Waals surface area contributed by atoms with Crippen LogP contribution < -0.4 is 10.6 Å². The van der Waals surface area contributed by atoms with Crippen LogP contribution in [-0.2, 0) is 4.79 Å². The third-order valence-electron chi connectivity index (χ3n) is 6.40. The van der Waals surface area contributed by atoms with Crippen molar-refractivity contribution < 1.29 is 19.1 Å². The smallest absolute Gasteiger partial charge is 0.290 e. The molecule has 5 rings (SSSR count). The summed E-state index contributed by atoms with van der Waals surface area (Å²) in [7, 11) is 4.11. The molecule has 0 radical (unpaired) electrons. The number of likely N-dealkylation sites (N-methyl/N-ethyl adjacent to an activating group) is 1. The predicted molar refractivity (Wildman–Crippen MR) is 147 cm³/mol. The number of rotatable bonds is 8. The van der Waals surface area contributed by atoms with Crippen LogP contribution in [0.25, 0.3) is 27.7 Å². The Bertz CT molecular complexity index is 1430. The minimum atomic E-state index is -0.376. The summed E-state index contributed by atoms with van der Waals surface area (Å²) in [4.78, 5) is 23.0. The maximum absolute atomic E-state index is 14.7. The average molecular weight is 518 g/mol. The van der Waals surface area contributed by atoms with Gasteiger partial charge in [-0.1, -0.05) is 6.07 Å². The van der Waals surface area contributed by atoms with Gasteiger partial charge in [0.15, 0.2) is 0 Å². The highest BCUT2D eigenvalue weighted by molar-refractivity contribution is 5.96. The van der Waals surface area contributed by atoms with Crippen LogP contribution in [0.15, 0.2) is 60.8 Å². The molecule has 3 aromatic carbocycles. The Labute approximate surface area is 221 Å². The van der Waals surface area contributed by atoms with Crippen molar-refractivity contribution in [2.24, 2.45) is 0 Å². The molecule has 0 spiro atoms. The molecule has 1 heterocycles. The number of benzene rings is 3. The Kier molecular flexibility index (Phi) is 8.38. The fourth-order valence-corrected chi connectivity index (χ4v) is 4.16. The van der Waals surface area contributed by atoms with Gasteiger partial charge in [0.1, 0.15) is 5.82 Å². The molecule has 0 bridgehead atoms. The fraction of sp³-hybridized carbons (Fsp3) is 0.276. The highest BCUT2D eigenvalue weighted by atomic mass is 19.1. The molecule has 1 aliphatic carbocycles. The minimum Gasteiger partial charge on any atom is -0.483 e. The van der Waals surface area contributed by atoms with E-state index < -0.39 is 0 Å². The first-order valence-corrected chi connectivity index (χ1v) is 12.5. The number of carboxylic acid groups (broad SMARTS) is 1. The Morgan fingerprint density at radius 1 is 1.16 bits per heavy atom. The number of amides is 1. The molecule has 1 aliphatic rings. The van der Waals surface area contributed by atoms with Gasteiger partial charge in [0, 0.05) is 35.8 Å². The Morgan fingerprint density at radius 3 is 2.53 bits per heavy atom. The predicted octanol–water partition coefficient (Wildman–Crippen LogP) is 4.71. The summed E-state index contributed by atoms with van der Waals surface area (Å²) in [6, 6.07) is 17.5. The number of fused-ring (bicyclic) bond motifs is 1. The van der Waals surface area contributed by atoms with Gasteiger partial charge in [-0.3, -0.25) is 9.59 Å². The summed E-state index contributed by atoms with van der Waals surface area (Å²) < 4.78 is 16.6. The van der Waals surface area contributed by atoms with E-state index in [1.807, 2.05) is 41.2 Å². The zero-order chi connectivity index (χ0) is 27.2. The largest absolute Gasteiger partial charge is 0.483 e. The number of carbonyl (C=O) groups excluding carboxylic acids is 1. The van der Waals surface area contributed by atoms with Crippen molar-refractivity contribution in [2.45, 2.75) is 25.8 Å². The summed E-state index contributed by atoms with van der Waals surface area (Å²) in [5.74, 6) is -0.597. The first-order valence-electron chi connectivity index (χ1n) is 12.5. The molecule has 8 nitrogen and oxygen atoms in total. The molecule has 9 heteroatoms. The van der Waals surface area contributed by atoms with Crippen molar-refractivity contribution >= 4 is 29.0 Å². The van der Waals surface area contributed by atoms with Gasteiger partial charge in [-0.05, 0) is 99.1 Å². The van der Waals surface area contributed by atoms with Crippen molar-refractivity contribution in [3.05, 3.63) is 77.7 Å². The molecule has 0 unspecified atom stereocenters. The van der Waals surface area contributed by atoms with E-state index in [0.717, 1.165) is 53.8 Å². The molecule has 1 saturated carbocycles. The molecular formula is C29H32FN5O3. The lowest BCUT2D eigenvalue weighted by Crippen LogP contribution is -2.25. The van der Waals surface area contributed by atoms with E-state index in [2.05, 4.69) is 46.9 Å². The first kappa shape index (κ1) is 26.8. The van der Waals surface area contributed by atoms with Crippen LogP contribution in [0, 0.1) is 12.7 Å². The second-order valence-electron chi connectivity index (χ2n) is 9.59. The number of nitrogens with one attached hydrogen (secondary N) is 2. The Balaban J connectivity index is 0.00000107. The zero-order valence-electron chi connectivity index (χ0n) is 21.7. The van der Waals surface area contributed by atoms with Crippen LogP contribution in [0.1, 0.15) is 28.8 Å². The SMILES string of the molecule is Cc1c(F)cc(C(=O)NC2CC2)cc1-c1ccc2c(cnn2-c2ccc(NCCN(C)C)cc2)c1.O=CO. The molecule has 1 fully saturated rings. The monoisotopic (exact) mass is 517 g/mol. The lowest BCUT2D eigenvalue weighted by molar-refractivity contribution is -0.122. The second kappa shape index (κ2) is 11.9. The molecule has 3 N–H and O–H groups in total. The van der Waals surface area contributed by atoms with Gasteiger partial charge >= 0.3 is 0 Å². The van der Waals surface area contributed by atoms with Crippen LogP contribution >= 0.6 is 0 Å². The van der Waals surface area contributed by atoms with E-state index in [9.17, 15) is 9.18 Å². The third kappa shape index (κ3) is 6.36. The zero-order valence-corrected chi connectivity index (χ0v) is 21.7. The molecule has 4 aromatic rings. The highest BCUT2D eigenvalue weighted by Crippen LogP contribution is 2.31. The topological polar surface area (TPSA) is 99.5 Å². The van der Waals surface area contributed by atoms with Crippen molar-refractivity contribution in [3.8, 4) is 16.8 Å². The van der Waals surface area contributed by atoms with Crippen molar-refractivity contribution in [2.75, 3.05) is 32.5 Å². The van der Waals surface area contributed by atoms with Crippen LogP contribution in [0.5, 0.6) is 0 Å². The first-order chi connectivity index (χ1) is 18.3. The van der Waals surface area contributed by atoms with Gasteiger partial charge in [-0.15, -0.1) is 0 Å². The van der Waals surface area contributed by atoms with Gasteiger partial charge in [0.2, 0.25) is 0 Å². The van der Waals surface area contributed by atoms with Gasteiger partial charge in [0.05, 0.1) is 17.4 Å². The van der Waals surface area contributed by atoms with E-state index in [1.165, 1.54) is 6.07 Å². The average Bonchev–Trinajstić information content (AvgIpc) is 3.61. The van der Waals surface area contributed by atoms with Crippen LogP contribution in [0.3, 0.4) is 0 Å². The molecule has 1 amide bonds. The quantitative estimate of drug-likeness (QED) is 0.293. The summed E-state index contributed by atoms with van der Waals surface area (Å²) in [5, 5.41) is 18.8. The number of carbonyl (C=O) groups is 2. The van der Waals surface area contributed by atoms with Gasteiger partial charge in [-0.25, -0.2) is 9.07 Å². The molecule has 0 aliphatic heterocycles. The van der Waals surface area contributed by atoms with E-state index in [0.29, 0.717) is 16.7 Å². The Hall–Kier alpha value is -4.24. The van der Waals surface area contributed by atoms with E-state index in [-0.39, 0.29) is 24.2 Å². The fourth-order valence-electron chi connectivity index (χ4n) is 4.16. The summed E-state index contributed by atoms with van der Waals surface area (Å²) in [6.45, 7) is 3.34. The van der Waals surface area contributed by atoms with Crippen molar-refractivity contribution in [3.63, 3.8) is 0 Å². The molecule has 198 valence electrons. The summed E-state index contributed by atoms with van der Waals surface area (Å²) in [6.07, 6.45) is 3.80. The van der Waals surface area contributed by atoms with Crippen molar-refractivity contribution in [1.29, 1.82) is 0 Å². The minimum absolute atomic E-state index is 0.221. The van der Waals surface area contributed by atoms with E-state index in [1.54, 1.807) is 13.0 Å². The van der Waals surface area contributed by atoms with Gasteiger partial charge < -0.3 is 20.6 Å². The molecule has 38 heavy (non-hydrogen) atoms. The van der Waals surface area contributed by atoms with Crippen LogP contribution in [0.2, 0.25) is 0 Å². The maximum atomic E-state index is 14.7. The van der Waals surface area contributed by atoms with E-state index in [4.69, 9.17) is 9.90 Å². The normalized spacial score (nSPS) is 12.7. The third-order valence-corrected chi connectivity index (χ3v) is 6.40. The van der Waals surface area contributed by atoms with Crippen LogP contribution in [0.4, 0.5) is 10.1 Å². The number of hydrogen-bond acceptors (Lipinski definition) is 5. The second-order valence-corrected chi connectivity index (χ2v) is 9.59.